The fraction of sp³-hybridized carbons (Fsp3) is 0.471. The van der Waals surface area contributed by atoms with E-state index in [1.165, 1.54) is 53.9 Å². The zero-order chi connectivity index (χ0) is 13.4. The SMILES string of the molecule is c1ccc2c(c1)CCCC2c1nc(C2CCCN2)cs1. The van der Waals surface area contributed by atoms with Crippen LogP contribution >= 0.6 is 11.3 Å². The molecule has 0 bridgehead atoms. The number of hydrogen-bond acceptors (Lipinski definition) is 3. The van der Waals surface area contributed by atoms with Crippen molar-refractivity contribution in [3.8, 4) is 0 Å². The highest BCUT2D eigenvalue weighted by Gasteiger charge is 2.26. The van der Waals surface area contributed by atoms with Crippen molar-refractivity contribution in [3.05, 3.63) is 51.5 Å². The van der Waals surface area contributed by atoms with E-state index in [0.29, 0.717) is 12.0 Å². The van der Waals surface area contributed by atoms with E-state index in [-0.39, 0.29) is 0 Å². The molecule has 2 aromatic rings. The number of thiazole rings is 1. The molecule has 3 heteroatoms. The third-order valence-corrected chi connectivity index (χ3v) is 5.60. The van der Waals surface area contributed by atoms with Crippen LogP contribution in [0.25, 0.3) is 0 Å². The van der Waals surface area contributed by atoms with Crippen molar-refractivity contribution in [2.45, 2.75) is 44.1 Å². The maximum atomic E-state index is 4.97. The summed E-state index contributed by atoms with van der Waals surface area (Å²) in [7, 11) is 0. The van der Waals surface area contributed by atoms with Gasteiger partial charge in [-0.2, -0.15) is 0 Å². The standard InChI is InChI=1S/C17H20N2S/c1-2-7-13-12(5-1)6-3-8-14(13)17-19-16(11-20-17)15-9-4-10-18-15/h1-2,5,7,11,14-15,18H,3-4,6,8-10H2. The Morgan fingerprint density at radius 2 is 2.10 bits per heavy atom. The minimum atomic E-state index is 0.499. The van der Waals surface area contributed by atoms with Crippen LogP contribution in [0.2, 0.25) is 0 Å². The fourth-order valence-electron chi connectivity index (χ4n) is 3.57. The molecule has 0 radical (unpaired) electrons. The third-order valence-electron chi connectivity index (χ3n) is 4.62. The van der Waals surface area contributed by atoms with Gasteiger partial charge in [-0.1, -0.05) is 24.3 Å². The van der Waals surface area contributed by atoms with Crippen LogP contribution < -0.4 is 5.32 Å². The predicted octanol–water partition coefficient (Wildman–Crippen LogP) is 4.04. The van der Waals surface area contributed by atoms with Crippen molar-refractivity contribution < 1.29 is 0 Å². The highest BCUT2D eigenvalue weighted by atomic mass is 32.1. The van der Waals surface area contributed by atoms with Crippen LogP contribution in [0.15, 0.2) is 29.6 Å². The smallest absolute Gasteiger partial charge is 0.100 e. The van der Waals surface area contributed by atoms with E-state index < -0.39 is 0 Å². The van der Waals surface area contributed by atoms with Crippen molar-refractivity contribution >= 4 is 11.3 Å². The number of benzene rings is 1. The normalized spacial score (nSPS) is 25.6. The Kier molecular flexibility index (Phi) is 3.32. The number of aromatic nitrogens is 1. The van der Waals surface area contributed by atoms with E-state index >= 15 is 0 Å². The molecule has 0 saturated carbocycles. The fourth-order valence-corrected chi connectivity index (χ4v) is 4.59. The minimum absolute atomic E-state index is 0.499. The summed E-state index contributed by atoms with van der Waals surface area (Å²) in [6.45, 7) is 1.14. The van der Waals surface area contributed by atoms with Gasteiger partial charge in [0.05, 0.1) is 11.7 Å². The molecular formula is C17H20N2S. The van der Waals surface area contributed by atoms with Gasteiger partial charge in [0.1, 0.15) is 5.01 Å². The second-order valence-corrected chi connectivity index (χ2v) is 6.79. The van der Waals surface area contributed by atoms with Crippen molar-refractivity contribution in [3.63, 3.8) is 0 Å². The van der Waals surface area contributed by atoms with Crippen molar-refractivity contribution in [1.82, 2.24) is 10.3 Å². The van der Waals surface area contributed by atoms with Gasteiger partial charge >= 0.3 is 0 Å². The molecule has 1 aliphatic heterocycles. The summed E-state index contributed by atoms with van der Waals surface area (Å²) in [6, 6.07) is 9.42. The summed E-state index contributed by atoms with van der Waals surface area (Å²) >= 11 is 1.86. The second-order valence-electron chi connectivity index (χ2n) is 5.90. The van der Waals surface area contributed by atoms with E-state index in [1.54, 1.807) is 0 Å². The van der Waals surface area contributed by atoms with Crippen LogP contribution in [0.5, 0.6) is 0 Å². The van der Waals surface area contributed by atoms with Gasteiger partial charge in [-0.3, -0.25) is 0 Å². The molecule has 1 aromatic carbocycles. The lowest BCUT2D eigenvalue weighted by Gasteiger charge is -2.23. The first-order valence-corrected chi connectivity index (χ1v) is 8.56. The first kappa shape index (κ1) is 12.5. The van der Waals surface area contributed by atoms with Gasteiger partial charge in [0.15, 0.2) is 0 Å². The molecule has 1 aliphatic carbocycles. The van der Waals surface area contributed by atoms with Gasteiger partial charge in [-0.25, -0.2) is 4.98 Å². The number of fused-ring (bicyclic) bond motifs is 1. The van der Waals surface area contributed by atoms with Crippen LogP contribution in [0.4, 0.5) is 0 Å². The van der Waals surface area contributed by atoms with E-state index in [0.717, 1.165) is 6.54 Å². The summed E-state index contributed by atoms with van der Waals surface area (Å²) in [4.78, 5) is 4.97. The summed E-state index contributed by atoms with van der Waals surface area (Å²) in [5, 5.41) is 7.15. The van der Waals surface area contributed by atoms with Crippen molar-refractivity contribution in [2.24, 2.45) is 0 Å². The van der Waals surface area contributed by atoms with Crippen LogP contribution in [-0.4, -0.2) is 11.5 Å². The molecule has 104 valence electrons. The molecular weight excluding hydrogens is 264 g/mol. The summed E-state index contributed by atoms with van der Waals surface area (Å²) in [5.41, 5.74) is 4.31. The molecule has 2 atom stereocenters. The van der Waals surface area contributed by atoms with Gasteiger partial charge in [0.2, 0.25) is 0 Å². The zero-order valence-electron chi connectivity index (χ0n) is 11.6. The van der Waals surface area contributed by atoms with Crippen LogP contribution in [0.1, 0.15) is 59.5 Å². The zero-order valence-corrected chi connectivity index (χ0v) is 12.5. The molecule has 4 rings (SSSR count). The lowest BCUT2D eigenvalue weighted by atomic mass is 9.83. The molecule has 1 aromatic heterocycles. The topological polar surface area (TPSA) is 24.9 Å². The second kappa shape index (κ2) is 5.30. The average molecular weight is 284 g/mol. The Morgan fingerprint density at radius 3 is 3.00 bits per heavy atom. The van der Waals surface area contributed by atoms with E-state index in [9.17, 15) is 0 Å². The van der Waals surface area contributed by atoms with Gasteiger partial charge in [-0.05, 0) is 49.8 Å². The molecule has 2 unspecified atom stereocenters. The summed E-state index contributed by atoms with van der Waals surface area (Å²) in [6.07, 6.45) is 6.30. The Morgan fingerprint density at radius 1 is 1.15 bits per heavy atom. The predicted molar refractivity (Wildman–Crippen MR) is 83.3 cm³/mol. The Balaban J connectivity index is 1.65. The summed E-state index contributed by atoms with van der Waals surface area (Å²) in [5.74, 6) is 0.528. The monoisotopic (exact) mass is 284 g/mol. The van der Waals surface area contributed by atoms with Crippen LogP contribution in [0, 0.1) is 0 Å². The maximum Gasteiger partial charge on any atom is 0.100 e. The minimum Gasteiger partial charge on any atom is -0.309 e. The molecule has 1 N–H and O–H groups in total. The molecule has 1 saturated heterocycles. The molecule has 2 nitrogen and oxygen atoms in total. The average Bonchev–Trinajstić information content (AvgIpc) is 3.17. The quantitative estimate of drug-likeness (QED) is 0.900. The highest BCUT2D eigenvalue weighted by molar-refractivity contribution is 7.09. The molecule has 1 fully saturated rings. The first-order valence-electron chi connectivity index (χ1n) is 7.68. The number of nitrogens with zero attached hydrogens (tertiary/aromatic N) is 1. The Hall–Kier alpha value is -1.19. The molecule has 0 spiro atoms. The van der Waals surface area contributed by atoms with Gasteiger partial charge < -0.3 is 5.32 Å². The third kappa shape index (κ3) is 2.19. The Bertz CT molecular complexity index is 599. The van der Waals surface area contributed by atoms with Crippen molar-refractivity contribution in [1.29, 1.82) is 0 Å². The molecule has 20 heavy (non-hydrogen) atoms. The molecule has 2 aliphatic rings. The lowest BCUT2D eigenvalue weighted by molar-refractivity contribution is 0.598. The van der Waals surface area contributed by atoms with E-state index in [4.69, 9.17) is 4.98 Å². The van der Waals surface area contributed by atoms with Gasteiger partial charge in [0.25, 0.3) is 0 Å². The number of rotatable bonds is 2. The van der Waals surface area contributed by atoms with Crippen LogP contribution in [0.3, 0.4) is 0 Å². The number of aryl methyl sites for hydroxylation is 1. The number of nitrogens with one attached hydrogen (secondary N) is 1. The summed E-state index contributed by atoms with van der Waals surface area (Å²) < 4.78 is 0. The van der Waals surface area contributed by atoms with Gasteiger partial charge in [-0.15, -0.1) is 11.3 Å². The lowest BCUT2D eigenvalue weighted by Crippen LogP contribution is -2.14. The van der Waals surface area contributed by atoms with E-state index in [1.807, 2.05) is 11.3 Å². The first-order chi connectivity index (χ1) is 9.92. The largest absolute Gasteiger partial charge is 0.309 e. The molecule has 2 heterocycles. The maximum absolute atomic E-state index is 4.97. The number of hydrogen-bond donors (Lipinski definition) is 1. The highest BCUT2D eigenvalue weighted by Crippen LogP contribution is 2.38. The van der Waals surface area contributed by atoms with Crippen molar-refractivity contribution in [2.75, 3.05) is 6.54 Å². The van der Waals surface area contributed by atoms with Crippen LogP contribution in [-0.2, 0) is 6.42 Å². The Labute approximate surface area is 124 Å². The van der Waals surface area contributed by atoms with E-state index in [2.05, 4.69) is 35.0 Å². The molecule has 0 amide bonds. The van der Waals surface area contributed by atoms with Gasteiger partial charge in [0, 0.05) is 11.3 Å².